The van der Waals surface area contributed by atoms with Crippen molar-refractivity contribution in [1.29, 1.82) is 0 Å². The number of methoxy groups -OCH3 is 1. The van der Waals surface area contributed by atoms with Gasteiger partial charge in [-0.1, -0.05) is 36.3 Å². The summed E-state index contributed by atoms with van der Waals surface area (Å²) >= 11 is 0. The lowest BCUT2D eigenvalue weighted by atomic mass is 9.68. The van der Waals surface area contributed by atoms with E-state index >= 15 is 0 Å². The number of benzene rings is 1. The summed E-state index contributed by atoms with van der Waals surface area (Å²) in [5, 5.41) is 1.20. The van der Waals surface area contributed by atoms with Gasteiger partial charge in [0.25, 0.3) is 0 Å². The van der Waals surface area contributed by atoms with Gasteiger partial charge in [0.1, 0.15) is 0 Å². The summed E-state index contributed by atoms with van der Waals surface area (Å²) < 4.78 is 7.55. The lowest BCUT2D eigenvalue weighted by Crippen LogP contribution is -2.60. The maximum atomic E-state index is 13.8. The Bertz CT molecular complexity index is 1060. The molecule has 33 heavy (non-hydrogen) atoms. The van der Waals surface area contributed by atoms with E-state index in [0.29, 0.717) is 36.8 Å². The van der Waals surface area contributed by atoms with Crippen molar-refractivity contribution in [1.82, 2.24) is 14.4 Å². The van der Waals surface area contributed by atoms with Gasteiger partial charge in [0.2, 0.25) is 5.91 Å². The quantitative estimate of drug-likeness (QED) is 0.643. The highest BCUT2D eigenvalue weighted by Crippen LogP contribution is 2.45. The van der Waals surface area contributed by atoms with Crippen LogP contribution in [0.4, 0.5) is 0 Å². The molecule has 0 saturated carbocycles. The Labute approximate surface area is 197 Å². The van der Waals surface area contributed by atoms with Crippen molar-refractivity contribution in [3.63, 3.8) is 0 Å². The molecule has 3 saturated heterocycles. The van der Waals surface area contributed by atoms with Crippen LogP contribution in [0.3, 0.4) is 0 Å². The second-order valence-electron chi connectivity index (χ2n) is 10.6. The summed E-state index contributed by atoms with van der Waals surface area (Å²) in [7, 11) is 1.74. The lowest BCUT2D eigenvalue weighted by Gasteiger charge is -2.54. The van der Waals surface area contributed by atoms with Crippen molar-refractivity contribution in [3.8, 4) is 0 Å². The molecule has 4 atom stereocenters. The van der Waals surface area contributed by atoms with E-state index in [4.69, 9.17) is 4.74 Å². The minimum atomic E-state index is 0.305. The van der Waals surface area contributed by atoms with Crippen molar-refractivity contribution in [2.45, 2.75) is 63.6 Å². The third kappa shape index (κ3) is 3.83. The number of hydrogen-bond acceptors (Lipinski definition) is 3. The van der Waals surface area contributed by atoms with Gasteiger partial charge in [0.15, 0.2) is 0 Å². The fourth-order valence-corrected chi connectivity index (χ4v) is 7.36. The normalized spacial score (nSPS) is 29.5. The van der Waals surface area contributed by atoms with Crippen LogP contribution >= 0.6 is 0 Å². The summed E-state index contributed by atoms with van der Waals surface area (Å²) in [6.07, 6.45) is 12.9. The molecule has 0 N–H and O–H groups in total. The topological polar surface area (TPSA) is 37.7 Å². The molecule has 1 aliphatic carbocycles. The minimum Gasteiger partial charge on any atom is -0.383 e. The van der Waals surface area contributed by atoms with Gasteiger partial charge in [-0.05, 0) is 62.1 Å². The van der Waals surface area contributed by atoms with Crippen LogP contribution in [-0.4, -0.2) is 65.7 Å². The largest absolute Gasteiger partial charge is 0.383 e. The van der Waals surface area contributed by atoms with Gasteiger partial charge in [-0.3, -0.25) is 9.69 Å². The van der Waals surface area contributed by atoms with Crippen molar-refractivity contribution in [3.05, 3.63) is 47.7 Å². The Morgan fingerprint density at radius 3 is 2.97 bits per heavy atom. The Morgan fingerprint density at radius 1 is 1.15 bits per heavy atom. The summed E-state index contributed by atoms with van der Waals surface area (Å²) in [5.74, 6) is 1.63. The molecule has 1 aromatic carbocycles. The molecule has 0 radical (unpaired) electrons. The van der Waals surface area contributed by atoms with Gasteiger partial charge < -0.3 is 14.2 Å². The molecule has 1 aromatic heterocycles. The molecular weight excluding hydrogens is 410 g/mol. The summed E-state index contributed by atoms with van der Waals surface area (Å²) in [6.45, 7) is 4.83. The average molecular weight is 448 g/mol. The smallest absolute Gasteiger partial charge is 0.227 e. The molecule has 176 valence electrons. The van der Waals surface area contributed by atoms with Gasteiger partial charge in [-0.15, -0.1) is 0 Å². The van der Waals surface area contributed by atoms with Gasteiger partial charge >= 0.3 is 0 Å². The molecule has 2 unspecified atom stereocenters. The number of hydrogen-bond donors (Lipinski definition) is 0. The number of aromatic nitrogens is 1. The number of ether oxygens (including phenoxy) is 1. The summed E-state index contributed by atoms with van der Waals surface area (Å²) in [6, 6.07) is 9.55. The molecule has 4 heterocycles. The van der Waals surface area contributed by atoms with Gasteiger partial charge in [-0.2, -0.15) is 0 Å². The zero-order chi connectivity index (χ0) is 22.4. The number of para-hydroxylation sites is 1. The van der Waals surface area contributed by atoms with E-state index in [2.05, 4.69) is 50.9 Å². The van der Waals surface area contributed by atoms with E-state index in [1.54, 1.807) is 12.7 Å². The number of likely N-dealkylation sites (tertiary alicyclic amines) is 1. The molecule has 0 spiro atoms. The molecule has 3 fully saturated rings. The zero-order valence-electron chi connectivity index (χ0n) is 19.9. The SMILES string of the molecule is COCCn1cc(CC(=O)N2CCCC3=CC4CC(CN5CCCC[C@H]45)[C@@H]32)c2ccccc21. The van der Waals surface area contributed by atoms with E-state index in [1.807, 2.05) is 0 Å². The van der Waals surface area contributed by atoms with Crippen LogP contribution in [0.1, 0.15) is 44.1 Å². The maximum Gasteiger partial charge on any atom is 0.227 e. The third-order valence-electron chi connectivity index (χ3n) is 8.73. The van der Waals surface area contributed by atoms with E-state index in [-0.39, 0.29) is 0 Å². The van der Waals surface area contributed by atoms with Crippen LogP contribution in [0.5, 0.6) is 0 Å². The van der Waals surface area contributed by atoms with Crippen LogP contribution in [0.15, 0.2) is 42.1 Å². The number of carbonyl (C=O) groups excluding carboxylic acids is 1. The van der Waals surface area contributed by atoms with Crippen molar-refractivity contribution >= 4 is 16.8 Å². The summed E-state index contributed by atoms with van der Waals surface area (Å²) in [5.41, 5.74) is 3.92. The number of piperidine rings is 3. The number of amides is 1. The van der Waals surface area contributed by atoms with E-state index in [1.165, 1.54) is 56.1 Å². The van der Waals surface area contributed by atoms with Crippen LogP contribution in [0, 0.1) is 11.8 Å². The van der Waals surface area contributed by atoms with Crippen molar-refractivity contribution in [2.24, 2.45) is 11.8 Å². The van der Waals surface area contributed by atoms with E-state index in [0.717, 1.165) is 31.1 Å². The first-order valence-electron chi connectivity index (χ1n) is 13.0. The van der Waals surface area contributed by atoms with Crippen LogP contribution in [-0.2, 0) is 22.5 Å². The molecule has 5 nitrogen and oxygen atoms in total. The molecular formula is C28H37N3O2. The van der Waals surface area contributed by atoms with Gasteiger partial charge in [0, 0.05) is 49.9 Å². The van der Waals surface area contributed by atoms with Crippen LogP contribution < -0.4 is 0 Å². The first-order chi connectivity index (χ1) is 16.2. The number of rotatable bonds is 5. The molecule has 4 aliphatic rings. The van der Waals surface area contributed by atoms with E-state index < -0.39 is 0 Å². The highest BCUT2D eigenvalue weighted by molar-refractivity contribution is 5.89. The lowest BCUT2D eigenvalue weighted by molar-refractivity contribution is -0.135. The highest BCUT2D eigenvalue weighted by atomic mass is 16.5. The standard InChI is InChI=1S/C28H37N3O2/c1-33-14-13-30-18-22(24-8-2-3-10-26(24)30)17-27(32)31-12-6-7-20-15-21-16-23(28(20)31)19-29-11-5-4-9-25(21)29/h2-3,8,10,15,18,21,23,25,28H,4-7,9,11-14,16-17,19H2,1H3/t21?,23?,25-,28-/m1/s1. The fraction of sp³-hybridized carbons (Fsp3) is 0.607. The second kappa shape index (κ2) is 8.92. The number of fused-ring (bicyclic) bond motifs is 7. The third-order valence-corrected chi connectivity index (χ3v) is 8.73. The second-order valence-corrected chi connectivity index (χ2v) is 10.6. The molecule has 2 bridgehead atoms. The highest BCUT2D eigenvalue weighted by Gasteiger charge is 2.46. The number of nitrogens with zero attached hydrogens (tertiary/aromatic N) is 3. The predicted molar refractivity (Wildman–Crippen MR) is 131 cm³/mol. The van der Waals surface area contributed by atoms with Crippen LogP contribution in [0.2, 0.25) is 0 Å². The Kier molecular flexibility index (Phi) is 5.79. The fourth-order valence-electron chi connectivity index (χ4n) is 7.36. The average Bonchev–Trinajstić information content (AvgIpc) is 3.19. The van der Waals surface area contributed by atoms with E-state index in [9.17, 15) is 4.79 Å². The van der Waals surface area contributed by atoms with Crippen molar-refractivity contribution in [2.75, 3.05) is 33.4 Å². The monoisotopic (exact) mass is 447 g/mol. The summed E-state index contributed by atoms with van der Waals surface area (Å²) in [4.78, 5) is 18.8. The number of carbonyl (C=O) groups is 1. The first-order valence-corrected chi connectivity index (χ1v) is 13.0. The van der Waals surface area contributed by atoms with Crippen molar-refractivity contribution < 1.29 is 9.53 Å². The first kappa shape index (κ1) is 21.4. The van der Waals surface area contributed by atoms with Crippen LogP contribution in [0.25, 0.3) is 10.9 Å². The predicted octanol–water partition coefficient (Wildman–Crippen LogP) is 4.25. The Morgan fingerprint density at radius 2 is 2.06 bits per heavy atom. The Hall–Kier alpha value is -2.11. The molecule has 2 aromatic rings. The van der Waals surface area contributed by atoms with Gasteiger partial charge in [0.05, 0.1) is 19.1 Å². The van der Waals surface area contributed by atoms with Gasteiger partial charge in [-0.25, -0.2) is 0 Å². The molecule has 5 heteroatoms. The zero-order valence-corrected chi connectivity index (χ0v) is 19.9. The maximum absolute atomic E-state index is 13.8. The Balaban J connectivity index is 1.26. The minimum absolute atomic E-state index is 0.305. The molecule has 1 amide bonds. The molecule has 6 rings (SSSR count). The molecule has 3 aliphatic heterocycles.